The zero-order valence-electron chi connectivity index (χ0n) is 10.7. The molecule has 1 fully saturated rings. The SMILES string of the molecule is C[C@H]1[C@H](C)NC(=O)[C@H]1CC(=O)OC(C)(C)C. The molecule has 3 atom stereocenters. The predicted octanol–water partition coefficient (Wildman–Crippen LogP) is 1.49. The summed E-state index contributed by atoms with van der Waals surface area (Å²) in [5, 5.41) is 2.84. The molecule has 1 aliphatic rings. The number of amides is 1. The molecule has 0 aromatic rings. The Morgan fingerprint density at radius 1 is 1.38 bits per heavy atom. The van der Waals surface area contributed by atoms with E-state index in [-0.39, 0.29) is 36.2 Å². The van der Waals surface area contributed by atoms with Crippen LogP contribution >= 0.6 is 0 Å². The van der Waals surface area contributed by atoms with Gasteiger partial charge in [0.25, 0.3) is 0 Å². The van der Waals surface area contributed by atoms with Crippen LogP contribution in [0, 0.1) is 11.8 Å². The molecule has 0 aromatic heterocycles. The number of rotatable bonds is 2. The first-order valence-electron chi connectivity index (χ1n) is 5.73. The highest BCUT2D eigenvalue weighted by Crippen LogP contribution is 2.26. The minimum atomic E-state index is -0.485. The summed E-state index contributed by atoms with van der Waals surface area (Å²) >= 11 is 0. The maximum absolute atomic E-state index is 11.6. The number of hydrogen-bond donors (Lipinski definition) is 1. The summed E-state index contributed by atoms with van der Waals surface area (Å²) < 4.78 is 5.21. The van der Waals surface area contributed by atoms with Gasteiger partial charge in [-0.3, -0.25) is 9.59 Å². The third kappa shape index (κ3) is 3.22. The van der Waals surface area contributed by atoms with Crippen molar-refractivity contribution in [2.75, 3.05) is 0 Å². The highest BCUT2D eigenvalue weighted by molar-refractivity contribution is 5.86. The van der Waals surface area contributed by atoms with Gasteiger partial charge >= 0.3 is 5.97 Å². The van der Waals surface area contributed by atoms with Gasteiger partial charge in [-0.25, -0.2) is 0 Å². The summed E-state index contributed by atoms with van der Waals surface area (Å²) in [7, 11) is 0. The second-order valence-electron chi connectivity index (χ2n) is 5.55. The predicted molar refractivity (Wildman–Crippen MR) is 60.7 cm³/mol. The molecule has 1 heterocycles. The van der Waals surface area contributed by atoms with Gasteiger partial charge in [0.15, 0.2) is 0 Å². The molecule has 1 N–H and O–H groups in total. The Morgan fingerprint density at radius 2 is 1.94 bits per heavy atom. The molecular formula is C12H21NO3. The standard InChI is InChI=1S/C12H21NO3/c1-7-8(2)13-11(15)9(7)6-10(14)16-12(3,4)5/h7-9H,6H2,1-5H3,(H,13,15)/t7-,8-,9-/m0/s1. The van der Waals surface area contributed by atoms with Crippen LogP contribution in [0.5, 0.6) is 0 Å². The van der Waals surface area contributed by atoms with E-state index in [2.05, 4.69) is 5.32 Å². The first-order chi connectivity index (χ1) is 7.20. The van der Waals surface area contributed by atoms with Crippen LogP contribution in [0.15, 0.2) is 0 Å². The van der Waals surface area contributed by atoms with E-state index < -0.39 is 5.60 Å². The number of carbonyl (C=O) groups is 2. The largest absolute Gasteiger partial charge is 0.460 e. The average molecular weight is 227 g/mol. The first kappa shape index (κ1) is 13.0. The Labute approximate surface area is 96.7 Å². The van der Waals surface area contributed by atoms with Gasteiger partial charge in [0, 0.05) is 6.04 Å². The van der Waals surface area contributed by atoms with Crippen LogP contribution in [-0.2, 0) is 14.3 Å². The molecule has 0 aliphatic carbocycles. The number of ether oxygens (including phenoxy) is 1. The molecule has 0 unspecified atom stereocenters. The zero-order chi connectivity index (χ0) is 12.5. The zero-order valence-corrected chi connectivity index (χ0v) is 10.7. The molecule has 0 aromatic carbocycles. The molecule has 16 heavy (non-hydrogen) atoms. The molecule has 4 nitrogen and oxygen atoms in total. The summed E-state index contributed by atoms with van der Waals surface area (Å²) in [6.07, 6.45) is 0.175. The molecule has 1 saturated heterocycles. The van der Waals surface area contributed by atoms with Gasteiger partial charge in [-0.15, -0.1) is 0 Å². The van der Waals surface area contributed by atoms with Crippen LogP contribution < -0.4 is 5.32 Å². The van der Waals surface area contributed by atoms with Gasteiger partial charge in [-0.05, 0) is 33.6 Å². The van der Waals surface area contributed by atoms with Gasteiger partial charge < -0.3 is 10.1 Å². The van der Waals surface area contributed by atoms with Crippen molar-refractivity contribution >= 4 is 11.9 Å². The molecule has 4 heteroatoms. The van der Waals surface area contributed by atoms with E-state index in [9.17, 15) is 9.59 Å². The van der Waals surface area contributed by atoms with E-state index in [0.717, 1.165) is 0 Å². The Balaban J connectivity index is 2.55. The van der Waals surface area contributed by atoms with Crippen LogP contribution in [0.3, 0.4) is 0 Å². The lowest BCUT2D eigenvalue weighted by atomic mass is 9.90. The molecule has 1 aliphatic heterocycles. The molecular weight excluding hydrogens is 206 g/mol. The molecule has 1 amide bonds. The van der Waals surface area contributed by atoms with Gasteiger partial charge in [-0.1, -0.05) is 6.92 Å². The summed E-state index contributed by atoms with van der Waals surface area (Å²) in [6.45, 7) is 9.41. The van der Waals surface area contributed by atoms with E-state index in [1.807, 2.05) is 34.6 Å². The Kier molecular flexibility index (Phi) is 3.61. The second-order valence-corrected chi connectivity index (χ2v) is 5.55. The summed E-state index contributed by atoms with van der Waals surface area (Å²) in [5.41, 5.74) is -0.485. The summed E-state index contributed by atoms with van der Waals surface area (Å²) in [5.74, 6) is -0.399. The van der Waals surface area contributed by atoms with Crippen molar-refractivity contribution in [2.45, 2.75) is 52.7 Å². The summed E-state index contributed by atoms with van der Waals surface area (Å²) in [6, 6.07) is 0.139. The number of carbonyl (C=O) groups excluding carboxylic acids is 2. The fourth-order valence-electron chi connectivity index (χ4n) is 1.89. The maximum Gasteiger partial charge on any atom is 0.307 e. The van der Waals surface area contributed by atoms with Crippen molar-refractivity contribution in [2.24, 2.45) is 11.8 Å². The molecule has 0 saturated carbocycles. The highest BCUT2D eigenvalue weighted by atomic mass is 16.6. The van der Waals surface area contributed by atoms with Crippen LogP contribution in [0.4, 0.5) is 0 Å². The summed E-state index contributed by atoms with van der Waals surface area (Å²) in [4.78, 5) is 23.2. The lowest BCUT2D eigenvalue weighted by molar-refractivity contribution is -0.157. The van der Waals surface area contributed by atoms with Gasteiger partial charge in [-0.2, -0.15) is 0 Å². The fourth-order valence-corrected chi connectivity index (χ4v) is 1.89. The van der Waals surface area contributed by atoms with Crippen LogP contribution in [0.1, 0.15) is 41.0 Å². The molecule has 1 rings (SSSR count). The number of esters is 1. The normalized spacial score (nSPS) is 30.1. The monoisotopic (exact) mass is 227 g/mol. The van der Waals surface area contributed by atoms with E-state index in [1.54, 1.807) is 0 Å². The lowest BCUT2D eigenvalue weighted by Crippen LogP contribution is -2.28. The van der Waals surface area contributed by atoms with Crippen molar-refractivity contribution < 1.29 is 14.3 Å². The minimum Gasteiger partial charge on any atom is -0.460 e. The van der Waals surface area contributed by atoms with Gasteiger partial charge in [0.05, 0.1) is 12.3 Å². The van der Waals surface area contributed by atoms with Crippen LogP contribution in [0.2, 0.25) is 0 Å². The lowest BCUT2D eigenvalue weighted by Gasteiger charge is -2.21. The smallest absolute Gasteiger partial charge is 0.307 e. The van der Waals surface area contributed by atoms with Crippen molar-refractivity contribution in [3.63, 3.8) is 0 Å². The van der Waals surface area contributed by atoms with E-state index in [4.69, 9.17) is 4.74 Å². The van der Waals surface area contributed by atoms with E-state index >= 15 is 0 Å². The molecule has 92 valence electrons. The molecule has 0 spiro atoms. The van der Waals surface area contributed by atoms with E-state index in [1.165, 1.54) is 0 Å². The quantitative estimate of drug-likeness (QED) is 0.727. The third-order valence-corrected chi connectivity index (χ3v) is 2.94. The minimum absolute atomic E-state index is 0.0362. The van der Waals surface area contributed by atoms with Crippen molar-refractivity contribution in [3.8, 4) is 0 Å². The van der Waals surface area contributed by atoms with Crippen LogP contribution in [0.25, 0.3) is 0 Å². The Morgan fingerprint density at radius 3 is 2.31 bits per heavy atom. The third-order valence-electron chi connectivity index (χ3n) is 2.94. The van der Waals surface area contributed by atoms with Crippen molar-refractivity contribution in [1.82, 2.24) is 5.32 Å². The maximum atomic E-state index is 11.6. The van der Waals surface area contributed by atoms with Crippen molar-refractivity contribution in [3.05, 3.63) is 0 Å². The van der Waals surface area contributed by atoms with E-state index in [0.29, 0.717) is 0 Å². The Bertz CT molecular complexity index is 293. The second kappa shape index (κ2) is 4.44. The van der Waals surface area contributed by atoms with Crippen molar-refractivity contribution in [1.29, 1.82) is 0 Å². The average Bonchev–Trinajstić information content (AvgIpc) is 2.29. The Hall–Kier alpha value is -1.06. The highest BCUT2D eigenvalue weighted by Gasteiger charge is 2.38. The first-order valence-corrected chi connectivity index (χ1v) is 5.73. The molecule has 0 bridgehead atoms. The van der Waals surface area contributed by atoms with Gasteiger partial charge in [0.2, 0.25) is 5.91 Å². The number of hydrogen-bond acceptors (Lipinski definition) is 3. The number of nitrogens with one attached hydrogen (secondary N) is 1. The van der Waals surface area contributed by atoms with Gasteiger partial charge in [0.1, 0.15) is 5.60 Å². The fraction of sp³-hybridized carbons (Fsp3) is 0.833. The topological polar surface area (TPSA) is 55.4 Å². The molecule has 0 radical (unpaired) electrons. The van der Waals surface area contributed by atoms with Crippen LogP contribution in [-0.4, -0.2) is 23.5 Å².